The fourth-order valence-corrected chi connectivity index (χ4v) is 5.51. The number of piperidine rings is 1. The summed E-state index contributed by atoms with van der Waals surface area (Å²) in [5.41, 5.74) is 9.97. The van der Waals surface area contributed by atoms with E-state index in [0.29, 0.717) is 40.5 Å². The van der Waals surface area contributed by atoms with Crippen molar-refractivity contribution in [1.29, 1.82) is 5.41 Å². The van der Waals surface area contributed by atoms with Crippen LogP contribution in [0.4, 0.5) is 11.4 Å². The van der Waals surface area contributed by atoms with Crippen molar-refractivity contribution in [3.8, 4) is 0 Å². The van der Waals surface area contributed by atoms with Crippen molar-refractivity contribution in [3.05, 3.63) is 59.2 Å². The Bertz CT molecular complexity index is 1000. The molecule has 2 saturated heterocycles. The van der Waals surface area contributed by atoms with Gasteiger partial charge in [0, 0.05) is 46.2 Å². The zero-order valence-corrected chi connectivity index (χ0v) is 19.8. The van der Waals surface area contributed by atoms with Gasteiger partial charge in [-0.1, -0.05) is 26.0 Å². The van der Waals surface area contributed by atoms with E-state index in [0.717, 1.165) is 43.4 Å². The third-order valence-electron chi connectivity index (χ3n) is 6.95. The summed E-state index contributed by atoms with van der Waals surface area (Å²) in [5, 5.41) is 21.9. The second-order valence-electron chi connectivity index (χ2n) is 10.1. The molecule has 6 nitrogen and oxygen atoms in total. The number of carbonyl (C=O) groups excluding carboxylic acids is 1. The second kappa shape index (κ2) is 9.56. The van der Waals surface area contributed by atoms with E-state index in [9.17, 15) is 9.90 Å². The number of hydrogen-bond donors (Lipinski definition) is 4. The zero-order chi connectivity index (χ0) is 23.7. The average molecular weight is 449 g/mol. The first-order chi connectivity index (χ1) is 15.7. The van der Waals surface area contributed by atoms with Crippen LogP contribution in [0.5, 0.6) is 0 Å². The van der Waals surface area contributed by atoms with Gasteiger partial charge < -0.3 is 21.1 Å². The summed E-state index contributed by atoms with van der Waals surface area (Å²) in [6.07, 6.45) is 4.63. The van der Waals surface area contributed by atoms with Crippen molar-refractivity contribution in [1.82, 2.24) is 5.32 Å². The molecule has 3 unspecified atom stereocenters. The number of amides is 1. The molecule has 2 fully saturated rings. The summed E-state index contributed by atoms with van der Waals surface area (Å²) in [4.78, 5) is 15.2. The van der Waals surface area contributed by atoms with Gasteiger partial charge in [-0.25, -0.2) is 0 Å². The van der Waals surface area contributed by atoms with Gasteiger partial charge in [0.25, 0.3) is 5.91 Å². The predicted molar refractivity (Wildman–Crippen MR) is 134 cm³/mol. The molecule has 5 N–H and O–H groups in total. The van der Waals surface area contributed by atoms with E-state index in [2.05, 4.69) is 36.2 Å². The minimum atomic E-state index is -0.188. The Hall–Kier alpha value is -2.86. The number of nitrogen functional groups attached to an aromatic ring is 1. The van der Waals surface area contributed by atoms with Crippen LogP contribution in [-0.2, 0) is 0 Å². The Balaban J connectivity index is 1.50. The van der Waals surface area contributed by atoms with E-state index in [1.54, 1.807) is 18.2 Å². The molecule has 0 spiro atoms. The standard InChI is InChI=1S/C27H36N4O2/c1-16(2)12-17(3)30-27(33)19-6-11-25(28)24(13-19)26(29)18-4-7-20(8-5-18)31-21-9-10-22(31)15-23(32)14-21/h4-8,11,13,16-17,21-23,29,32H,9-10,12,14-15,28H2,1-3H3,(H,30,33). The van der Waals surface area contributed by atoms with E-state index < -0.39 is 0 Å². The fraction of sp³-hybridized carbons (Fsp3) is 0.481. The van der Waals surface area contributed by atoms with Crippen molar-refractivity contribution < 1.29 is 9.90 Å². The molecule has 1 amide bonds. The molecule has 176 valence electrons. The van der Waals surface area contributed by atoms with E-state index in [1.165, 1.54) is 0 Å². The summed E-state index contributed by atoms with van der Waals surface area (Å²) < 4.78 is 0. The topological polar surface area (TPSA) is 102 Å². The molecule has 6 heteroatoms. The molecule has 0 saturated carbocycles. The predicted octanol–water partition coefficient (Wildman–Crippen LogP) is 4.34. The third-order valence-corrected chi connectivity index (χ3v) is 6.95. The van der Waals surface area contributed by atoms with Crippen LogP contribution in [0.2, 0.25) is 0 Å². The summed E-state index contributed by atoms with van der Waals surface area (Å²) >= 11 is 0. The number of fused-ring (bicyclic) bond motifs is 2. The smallest absolute Gasteiger partial charge is 0.251 e. The van der Waals surface area contributed by atoms with Crippen molar-refractivity contribution in [2.75, 3.05) is 10.6 Å². The van der Waals surface area contributed by atoms with Crippen LogP contribution in [0.25, 0.3) is 0 Å². The minimum Gasteiger partial charge on any atom is -0.398 e. The number of rotatable bonds is 7. The van der Waals surface area contributed by atoms with Gasteiger partial charge in [0.2, 0.25) is 0 Å². The average Bonchev–Trinajstić information content (AvgIpc) is 3.04. The summed E-state index contributed by atoms with van der Waals surface area (Å²) in [6.45, 7) is 6.28. The van der Waals surface area contributed by atoms with Crippen LogP contribution < -0.4 is 16.0 Å². The van der Waals surface area contributed by atoms with Crippen LogP contribution in [0.3, 0.4) is 0 Å². The molecule has 2 bridgehead atoms. The number of nitrogens with one attached hydrogen (secondary N) is 2. The number of aliphatic hydroxyl groups is 1. The minimum absolute atomic E-state index is 0.0803. The summed E-state index contributed by atoms with van der Waals surface area (Å²) in [6, 6.07) is 14.1. The van der Waals surface area contributed by atoms with Gasteiger partial charge in [0.1, 0.15) is 0 Å². The SMILES string of the molecule is CC(C)CC(C)NC(=O)c1ccc(N)c(C(=N)c2ccc(N3C4CCC3CC(O)C4)cc2)c1. The Morgan fingerprint density at radius 3 is 2.30 bits per heavy atom. The Morgan fingerprint density at radius 1 is 1.09 bits per heavy atom. The van der Waals surface area contributed by atoms with Crippen LogP contribution in [0.15, 0.2) is 42.5 Å². The molecule has 4 rings (SSSR count). The number of hydrogen-bond acceptors (Lipinski definition) is 5. The highest BCUT2D eigenvalue weighted by Gasteiger charge is 2.40. The van der Waals surface area contributed by atoms with Crippen molar-refractivity contribution in [2.45, 2.75) is 77.1 Å². The lowest BCUT2D eigenvalue weighted by Crippen LogP contribution is -2.44. The van der Waals surface area contributed by atoms with Gasteiger partial charge in [-0.2, -0.15) is 0 Å². The number of anilines is 2. The lowest BCUT2D eigenvalue weighted by Gasteiger charge is -2.39. The number of nitrogens with two attached hydrogens (primary N) is 1. The Kier molecular flexibility index (Phi) is 6.75. The molecule has 2 aromatic carbocycles. The van der Waals surface area contributed by atoms with E-state index in [1.807, 2.05) is 19.1 Å². The Labute approximate surface area is 196 Å². The fourth-order valence-electron chi connectivity index (χ4n) is 5.51. The van der Waals surface area contributed by atoms with Crippen LogP contribution in [0, 0.1) is 11.3 Å². The zero-order valence-electron chi connectivity index (χ0n) is 19.8. The molecule has 2 aliphatic rings. The molecule has 33 heavy (non-hydrogen) atoms. The summed E-state index contributed by atoms with van der Waals surface area (Å²) in [5.74, 6) is 0.360. The molecule has 2 aromatic rings. The van der Waals surface area contributed by atoms with E-state index >= 15 is 0 Å². The van der Waals surface area contributed by atoms with Crippen molar-refractivity contribution >= 4 is 23.0 Å². The highest BCUT2D eigenvalue weighted by Crippen LogP contribution is 2.39. The highest BCUT2D eigenvalue weighted by atomic mass is 16.3. The first-order valence-electron chi connectivity index (χ1n) is 12.1. The lowest BCUT2D eigenvalue weighted by molar-refractivity contribution is 0.0936. The molecular weight excluding hydrogens is 412 g/mol. The monoisotopic (exact) mass is 448 g/mol. The maximum absolute atomic E-state index is 12.7. The Morgan fingerprint density at radius 2 is 1.70 bits per heavy atom. The molecule has 2 heterocycles. The normalized spacial score (nSPS) is 22.9. The first kappa shape index (κ1) is 23.3. The van der Waals surface area contributed by atoms with Crippen LogP contribution >= 0.6 is 0 Å². The molecular formula is C27H36N4O2. The maximum atomic E-state index is 12.7. The van der Waals surface area contributed by atoms with E-state index in [4.69, 9.17) is 11.1 Å². The first-order valence-corrected chi connectivity index (χ1v) is 12.1. The largest absolute Gasteiger partial charge is 0.398 e. The quantitative estimate of drug-likeness (QED) is 0.374. The van der Waals surface area contributed by atoms with Crippen LogP contribution in [0.1, 0.15) is 74.4 Å². The summed E-state index contributed by atoms with van der Waals surface area (Å²) in [7, 11) is 0. The van der Waals surface area contributed by atoms with E-state index in [-0.39, 0.29) is 18.1 Å². The van der Waals surface area contributed by atoms with Crippen molar-refractivity contribution in [3.63, 3.8) is 0 Å². The number of benzene rings is 2. The molecule has 0 aliphatic carbocycles. The molecule has 0 aromatic heterocycles. The van der Waals surface area contributed by atoms with Crippen molar-refractivity contribution in [2.24, 2.45) is 5.92 Å². The number of carbonyl (C=O) groups is 1. The van der Waals surface area contributed by atoms with Gasteiger partial charge >= 0.3 is 0 Å². The molecule has 0 radical (unpaired) electrons. The maximum Gasteiger partial charge on any atom is 0.251 e. The lowest BCUT2D eigenvalue weighted by atomic mass is 9.96. The van der Waals surface area contributed by atoms with Gasteiger partial charge in [0.05, 0.1) is 11.8 Å². The second-order valence-corrected chi connectivity index (χ2v) is 10.1. The van der Waals surface area contributed by atoms with Gasteiger partial charge in [-0.15, -0.1) is 0 Å². The number of aliphatic hydroxyl groups excluding tert-OH is 1. The molecule has 3 atom stereocenters. The van der Waals surface area contributed by atoms with Gasteiger partial charge in [-0.3, -0.25) is 10.2 Å². The highest BCUT2D eigenvalue weighted by molar-refractivity contribution is 6.15. The number of nitrogens with zero attached hydrogens (tertiary/aromatic N) is 1. The van der Waals surface area contributed by atoms with Gasteiger partial charge in [0.15, 0.2) is 0 Å². The molecule has 2 aliphatic heterocycles. The third kappa shape index (κ3) is 5.06. The van der Waals surface area contributed by atoms with Gasteiger partial charge in [-0.05, 0) is 75.3 Å². The van der Waals surface area contributed by atoms with Crippen LogP contribution in [-0.4, -0.2) is 41.0 Å².